The van der Waals surface area contributed by atoms with Crippen molar-refractivity contribution in [2.45, 2.75) is 52.7 Å². The van der Waals surface area contributed by atoms with Crippen LogP contribution >= 0.6 is 0 Å². The topological polar surface area (TPSA) is 88.3 Å². The van der Waals surface area contributed by atoms with Crippen LogP contribution in [0.2, 0.25) is 0 Å². The number of hydrogen-bond donors (Lipinski definition) is 2. The number of aryl methyl sites for hydroxylation is 1. The van der Waals surface area contributed by atoms with Crippen LogP contribution < -0.4 is 5.32 Å². The summed E-state index contributed by atoms with van der Waals surface area (Å²) in [5.41, 5.74) is 1.91. The zero-order chi connectivity index (χ0) is 15.7. The van der Waals surface area contributed by atoms with Crippen molar-refractivity contribution >= 4 is 17.7 Å². The molecular weight excluding hydrogens is 272 g/mol. The van der Waals surface area contributed by atoms with E-state index in [9.17, 15) is 14.4 Å². The smallest absolute Gasteiger partial charge is 0.355 e. The van der Waals surface area contributed by atoms with Gasteiger partial charge in [-0.2, -0.15) is 0 Å². The minimum Gasteiger partial charge on any atom is -0.448 e. The zero-order valence-electron chi connectivity index (χ0n) is 12.7. The number of amides is 1. The molecule has 1 aliphatic carbocycles. The minimum atomic E-state index is -0.859. The van der Waals surface area contributed by atoms with Gasteiger partial charge < -0.3 is 15.0 Å². The van der Waals surface area contributed by atoms with Crippen molar-refractivity contribution in [1.29, 1.82) is 0 Å². The van der Waals surface area contributed by atoms with Gasteiger partial charge in [0.1, 0.15) is 5.69 Å². The average Bonchev–Trinajstić information content (AvgIpc) is 3.13. The van der Waals surface area contributed by atoms with Crippen LogP contribution in [0.1, 0.15) is 58.8 Å². The first-order chi connectivity index (χ1) is 9.81. The van der Waals surface area contributed by atoms with E-state index in [1.54, 1.807) is 13.8 Å². The molecule has 1 saturated carbocycles. The molecule has 6 nitrogen and oxygen atoms in total. The Morgan fingerprint density at radius 3 is 2.38 bits per heavy atom. The molecule has 2 rings (SSSR count). The molecule has 1 heterocycles. The first-order valence-electron chi connectivity index (χ1n) is 7.02. The number of ketones is 1. The molecule has 1 unspecified atom stereocenters. The molecule has 0 radical (unpaired) electrons. The number of esters is 1. The summed E-state index contributed by atoms with van der Waals surface area (Å²) in [6, 6.07) is 0.220. The molecule has 1 amide bonds. The van der Waals surface area contributed by atoms with Crippen molar-refractivity contribution < 1.29 is 19.1 Å². The van der Waals surface area contributed by atoms with E-state index in [1.165, 1.54) is 13.8 Å². The van der Waals surface area contributed by atoms with Gasteiger partial charge in [0, 0.05) is 17.3 Å². The van der Waals surface area contributed by atoms with Gasteiger partial charge in [0.25, 0.3) is 5.91 Å². The molecule has 1 aliphatic rings. The molecule has 21 heavy (non-hydrogen) atoms. The number of carbonyl (C=O) groups excluding carboxylic acids is 3. The fraction of sp³-hybridized carbons (Fsp3) is 0.533. The standard InChI is InChI=1S/C15H20N2O4/c1-7-12(9(3)18)8(2)16-13(7)15(20)21-10(4)14(19)17-11-5-6-11/h10-11,16H,5-6H2,1-4H3,(H,17,19). The molecule has 2 N–H and O–H groups in total. The van der Waals surface area contributed by atoms with Gasteiger partial charge in [-0.15, -0.1) is 0 Å². The molecule has 1 fully saturated rings. The molecule has 0 aliphatic heterocycles. The van der Waals surface area contributed by atoms with Crippen molar-refractivity contribution in [1.82, 2.24) is 10.3 Å². The van der Waals surface area contributed by atoms with Crippen LogP contribution in [0.4, 0.5) is 0 Å². The highest BCUT2D eigenvalue weighted by atomic mass is 16.5. The lowest BCUT2D eigenvalue weighted by atomic mass is 10.1. The largest absolute Gasteiger partial charge is 0.448 e. The van der Waals surface area contributed by atoms with Crippen molar-refractivity contribution in [2.75, 3.05) is 0 Å². The van der Waals surface area contributed by atoms with Gasteiger partial charge in [-0.25, -0.2) is 4.79 Å². The first-order valence-corrected chi connectivity index (χ1v) is 7.02. The maximum atomic E-state index is 12.1. The fourth-order valence-corrected chi connectivity index (χ4v) is 2.30. The lowest BCUT2D eigenvalue weighted by molar-refractivity contribution is -0.129. The molecule has 114 valence electrons. The zero-order valence-corrected chi connectivity index (χ0v) is 12.7. The Bertz CT molecular complexity index is 599. The Morgan fingerprint density at radius 1 is 1.29 bits per heavy atom. The van der Waals surface area contributed by atoms with E-state index in [0.717, 1.165) is 12.8 Å². The highest BCUT2D eigenvalue weighted by Gasteiger charge is 2.28. The maximum Gasteiger partial charge on any atom is 0.355 e. The Labute approximate surface area is 123 Å². The number of nitrogens with one attached hydrogen (secondary N) is 2. The van der Waals surface area contributed by atoms with Gasteiger partial charge in [0.2, 0.25) is 0 Å². The van der Waals surface area contributed by atoms with Crippen molar-refractivity contribution in [3.63, 3.8) is 0 Å². The van der Waals surface area contributed by atoms with Crippen molar-refractivity contribution in [3.8, 4) is 0 Å². The molecule has 1 aromatic heterocycles. The molecule has 0 aromatic carbocycles. The molecular formula is C15H20N2O4. The van der Waals surface area contributed by atoms with E-state index in [2.05, 4.69) is 10.3 Å². The minimum absolute atomic E-state index is 0.111. The van der Waals surface area contributed by atoms with E-state index < -0.39 is 12.1 Å². The van der Waals surface area contributed by atoms with Gasteiger partial charge in [0.15, 0.2) is 11.9 Å². The molecule has 1 aromatic rings. The van der Waals surface area contributed by atoms with Crippen molar-refractivity contribution in [3.05, 3.63) is 22.5 Å². The van der Waals surface area contributed by atoms with Crippen LogP contribution in [-0.2, 0) is 9.53 Å². The van der Waals surface area contributed by atoms with Gasteiger partial charge in [-0.3, -0.25) is 9.59 Å². The van der Waals surface area contributed by atoms with Crippen LogP contribution in [0.3, 0.4) is 0 Å². The van der Waals surface area contributed by atoms with E-state index in [4.69, 9.17) is 4.74 Å². The van der Waals surface area contributed by atoms with Crippen LogP contribution in [-0.4, -0.2) is 34.8 Å². The highest BCUT2D eigenvalue weighted by molar-refractivity contribution is 6.01. The summed E-state index contributed by atoms with van der Waals surface area (Å²) < 4.78 is 5.16. The van der Waals surface area contributed by atoms with Crippen LogP contribution in [0, 0.1) is 13.8 Å². The summed E-state index contributed by atoms with van der Waals surface area (Å²) in [7, 11) is 0. The van der Waals surface area contributed by atoms with Crippen LogP contribution in [0.25, 0.3) is 0 Å². The third-order valence-electron chi connectivity index (χ3n) is 3.57. The fourth-order valence-electron chi connectivity index (χ4n) is 2.30. The first kappa shape index (κ1) is 15.3. The van der Waals surface area contributed by atoms with E-state index in [0.29, 0.717) is 16.8 Å². The highest BCUT2D eigenvalue weighted by Crippen LogP contribution is 2.21. The lowest BCUT2D eigenvalue weighted by Crippen LogP contribution is -2.37. The van der Waals surface area contributed by atoms with E-state index in [-0.39, 0.29) is 23.4 Å². The lowest BCUT2D eigenvalue weighted by Gasteiger charge is -2.12. The van der Waals surface area contributed by atoms with Crippen LogP contribution in [0.15, 0.2) is 0 Å². The Kier molecular flexibility index (Phi) is 4.16. The summed E-state index contributed by atoms with van der Waals surface area (Å²) in [4.78, 5) is 38.3. The number of rotatable bonds is 5. The van der Waals surface area contributed by atoms with Gasteiger partial charge >= 0.3 is 5.97 Å². The third-order valence-corrected chi connectivity index (χ3v) is 3.57. The Morgan fingerprint density at radius 2 is 1.90 bits per heavy atom. The predicted molar refractivity (Wildman–Crippen MR) is 76.3 cm³/mol. The second-order valence-electron chi connectivity index (χ2n) is 5.51. The molecule has 0 spiro atoms. The van der Waals surface area contributed by atoms with E-state index >= 15 is 0 Å². The van der Waals surface area contributed by atoms with Gasteiger partial charge in [-0.1, -0.05) is 0 Å². The molecule has 0 bridgehead atoms. The number of carbonyl (C=O) groups is 3. The Balaban J connectivity index is 2.07. The molecule has 1 atom stereocenters. The number of aromatic amines is 1. The summed E-state index contributed by atoms with van der Waals surface area (Å²) in [5, 5.41) is 2.78. The summed E-state index contributed by atoms with van der Waals surface area (Å²) in [6.07, 6.45) is 1.09. The number of H-pyrrole nitrogens is 1. The van der Waals surface area contributed by atoms with Gasteiger partial charge in [0.05, 0.1) is 0 Å². The summed E-state index contributed by atoms with van der Waals surface area (Å²) >= 11 is 0. The SMILES string of the molecule is CC(=O)c1c(C)[nH]c(C(=O)OC(C)C(=O)NC2CC2)c1C. The number of aromatic nitrogens is 1. The van der Waals surface area contributed by atoms with E-state index in [1.807, 2.05) is 0 Å². The molecule has 0 saturated heterocycles. The summed E-state index contributed by atoms with van der Waals surface area (Å²) in [5.74, 6) is -1.03. The number of ether oxygens (including phenoxy) is 1. The third kappa shape index (κ3) is 3.32. The Hall–Kier alpha value is -2.11. The molecule has 6 heteroatoms. The van der Waals surface area contributed by atoms with Crippen molar-refractivity contribution in [2.24, 2.45) is 0 Å². The predicted octanol–water partition coefficient (Wildman–Crippen LogP) is 1.66. The second kappa shape index (κ2) is 5.71. The summed E-state index contributed by atoms with van der Waals surface area (Å²) in [6.45, 7) is 6.39. The van der Waals surface area contributed by atoms with Gasteiger partial charge in [-0.05, 0) is 46.1 Å². The average molecular weight is 292 g/mol. The number of hydrogen-bond acceptors (Lipinski definition) is 4. The van der Waals surface area contributed by atoms with Crippen LogP contribution in [0.5, 0.6) is 0 Å². The number of Topliss-reactive ketones (excluding diaryl/α,β-unsaturated/α-hetero) is 1. The maximum absolute atomic E-state index is 12.1. The monoisotopic (exact) mass is 292 g/mol. The second-order valence-corrected chi connectivity index (χ2v) is 5.51. The quantitative estimate of drug-likeness (QED) is 0.638. The normalized spacial score (nSPS) is 15.4.